The molecule has 0 radical (unpaired) electrons. The van der Waals surface area contributed by atoms with Gasteiger partial charge < -0.3 is 5.73 Å². The van der Waals surface area contributed by atoms with Gasteiger partial charge in [0.1, 0.15) is 0 Å². The number of nitrogens with two attached hydrogens (primary N) is 1. The maximum absolute atomic E-state index is 6.49. The molecule has 0 spiro atoms. The van der Waals surface area contributed by atoms with Gasteiger partial charge in [0.15, 0.2) is 0 Å². The highest BCUT2D eigenvalue weighted by atomic mass is 79.9. The van der Waals surface area contributed by atoms with Crippen molar-refractivity contribution in [2.75, 3.05) is 0 Å². The fraction of sp³-hybridized carbons (Fsp3) is 0.750. The van der Waals surface area contributed by atoms with Crippen LogP contribution in [-0.4, -0.2) is 0 Å². The van der Waals surface area contributed by atoms with E-state index in [9.17, 15) is 0 Å². The third kappa shape index (κ3) is 12.9. The standard InChI is InChI=1S/C24H43N.BrH/c1-3-4-5-6-7-8-9-10-11-12-13-14-15-19-22-24(2,25)23-20-17-16-18-21-23;/h16-18,20-21H,3-15,19,22,25H2,1-2H3;1H. The Morgan fingerprint density at radius 1 is 0.654 bits per heavy atom. The van der Waals surface area contributed by atoms with Gasteiger partial charge in [-0.1, -0.05) is 127 Å². The molecule has 1 aromatic carbocycles. The summed E-state index contributed by atoms with van der Waals surface area (Å²) in [6.45, 7) is 4.46. The van der Waals surface area contributed by atoms with Gasteiger partial charge >= 0.3 is 0 Å². The van der Waals surface area contributed by atoms with Crippen LogP contribution in [0.3, 0.4) is 0 Å². The van der Waals surface area contributed by atoms with E-state index in [4.69, 9.17) is 5.73 Å². The van der Waals surface area contributed by atoms with Crippen molar-refractivity contribution in [2.24, 2.45) is 5.73 Å². The lowest BCUT2D eigenvalue weighted by Crippen LogP contribution is -2.32. The normalized spacial score (nSPS) is 13.2. The molecule has 26 heavy (non-hydrogen) atoms. The molecule has 0 aliphatic rings. The van der Waals surface area contributed by atoms with Gasteiger partial charge in [-0.25, -0.2) is 0 Å². The molecule has 152 valence electrons. The van der Waals surface area contributed by atoms with E-state index < -0.39 is 0 Å². The van der Waals surface area contributed by atoms with Crippen LogP contribution in [0.2, 0.25) is 0 Å². The molecule has 1 rings (SSSR count). The number of hydrogen-bond acceptors (Lipinski definition) is 1. The van der Waals surface area contributed by atoms with E-state index in [0.29, 0.717) is 0 Å². The Morgan fingerprint density at radius 2 is 1.04 bits per heavy atom. The molecule has 0 fully saturated rings. The molecule has 0 aromatic heterocycles. The van der Waals surface area contributed by atoms with E-state index in [2.05, 4.69) is 44.2 Å². The van der Waals surface area contributed by atoms with Crippen LogP contribution in [0.4, 0.5) is 0 Å². The highest BCUT2D eigenvalue weighted by Gasteiger charge is 2.19. The number of halogens is 1. The monoisotopic (exact) mass is 425 g/mol. The largest absolute Gasteiger partial charge is 0.322 e. The van der Waals surface area contributed by atoms with Crippen molar-refractivity contribution in [2.45, 2.75) is 116 Å². The van der Waals surface area contributed by atoms with Gasteiger partial charge in [-0.2, -0.15) is 0 Å². The Bertz CT molecular complexity index is 402. The Morgan fingerprint density at radius 3 is 1.46 bits per heavy atom. The first-order valence-corrected chi connectivity index (χ1v) is 11.0. The summed E-state index contributed by atoms with van der Waals surface area (Å²) >= 11 is 0. The summed E-state index contributed by atoms with van der Waals surface area (Å²) in [5, 5.41) is 0. The third-order valence-corrected chi connectivity index (χ3v) is 5.48. The van der Waals surface area contributed by atoms with Crippen molar-refractivity contribution in [3.8, 4) is 0 Å². The van der Waals surface area contributed by atoms with E-state index in [1.54, 1.807) is 0 Å². The summed E-state index contributed by atoms with van der Waals surface area (Å²) < 4.78 is 0. The van der Waals surface area contributed by atoms with Crippen molar-refractivity contribution >= 4 is 17.0 Å². The molecule has 1 atom stereocenters. The predicted octanol–water partition coefficient (Wildman–Crippen LogP) is 8.31. The third-order valence-electron chi connectivity index (χ3n) is 5.48. The Balaban J connectivity index is 0.00000625. The zero-order valence-electron chi connectivity index (χ0n) is 17.5. The lowest BCUT2D eigenvalue weighted by molar-refractivity contribution is 0.420. The zero-order valence-corrected chi connectivity index (χ0v) is 19.2. The van der Waals surface area contributed by atoms with E-state index in [1.807, 2.05) is 0 Å². The molecule has 2 N–H and O–H groups in total. The minimum Gasteiger partial charge on any atom is -0.322 e. The van der Waals surface area contributed by atoms with Gasteiger partial charge in [0, 0.05) is 5.54 Å². The summed E-state index contributed by atoms with van der Waals surface area (Å²) in [7, 11) is 0. The summed E-state index contributed by atoms with van der Waals surface area (Å²) in [6.07, 6.45) is 20.8. The second-order valence-electron chi connectivity index (χ2n) is 8.13. The van der Waals surface area contributed by atoms with E-state index in [-0.39, 0.29) is 22.5 Å². The van der Waals surface area contributed by atoms with Crippen LogP contribution in [0.25, 0.3) is 0 Å². The van der Waals surface area contributed by atoms with Crippen molar-refractivity contribution < 1.29 is 0 Å². The number of unbranched alkanes of at least 4 members (excludes halogenated alkanes) is 13. The highest BCUT2D eigenvalue weighted by molar-refractivity contribution is 8.93. The summed E-state index contributed by atoms with van der Waals surface area (Å²) in [5.74, 6) is 0. The van der Waals surface area contributed by atoms with E-state index in [0.717, 1.165) is 6.42 Å². The second-order valence-corrected chi connectivity index (χ2v) is 8.13. The first kappa shape index (κ1) is 25.7. The van der Waals surface area contributed by atoms with Crippen molar-refractivity contribution in [1.82, 2.24) is 0 Å². The smallest absolute Gasteiger partial charge is 0.0381 e. The van der Waals surface area contributed by atoms with Crippen LogP contribution in [0.1, 0.15) is 116 Å². The maximum atomic E-state index is 6.49. The molecule has 0 bridgehead atoms. The molecule has 0 amide bonds. The fourth-order valence-electron chi connectivity index (χ4n) is 3.65. The quantitative estimate of drug-likeness (QED) is 0.264. The molecule has 0 saturated heterocycles. The zero-order chi connectivity index (χ0) is 18.2. The van der Waals surface area contributed by atoms with Gasteiger partial charge in [0.05, 0.1) is 0 Å². The molecule has 1 nitrogen and oxygen atoms in total. The van der Waals surface area contributed by atoms with Gasteiger partial charge in [0.25, 0.3) is 0 Å². The topological polar surface area (TPSA) is 26.0 Å². The maximum Gasteiger partial charge on any atom is 0.0381 e. The summed E-state index contributed by atoms with van der Waals surface area (Å²) in [5.41, 5.74) is 7.59. The van der Waals surface area contributed by atoms with E-state index >= 15 is 0 Å². The van der Waals surface area contributed by atoms with Crippen molar-refractivity contribution in [3.05, 3.63) is 35.9 Å². The molecule has 1 unspecified atom stereocenters. The summed E-state index contributed by atoms with van der Waals surface area (Å²) in [6, 6.07) is 10.6. The fourth-order valence-corrected chi connectivity index (χ4v) is 3.65. The van der Waals surface area contributed by atoms with E-state index in [1.165, 1.54) is 95.5 Å². The highest BCUT2D eigenvalue weighted by Crippen LogP contribution is 2.24. The second kappa shape index (κ2) is 16.8. The van der Waals surface area contributed by atoms with Crippen LogP contribution in [0.15, 0.2) is 30.3 Å². The number of hydrogen-bond donors (Lipinski definition) is 1. The molecule has 1 aromatic rings. The lowest BCUT2D eigenvalue weighted by atomic mass is 9.87. The molecular formula is C24H44BrN. The van der Waals surface area contributed by atoms with Crippen molar-refractivity contribution in [3.63, 3.8) is 0 Å². The lowest BCUT2D eigenvalue weighted by Gasteiger charge is -2.25. The first-order valence-electron chi connectivity index (χ1n) is 11.0. The predicted molar refractivity (Wildman–Crippen MR) is 123 cm³/mol. The average molecular weight is 427 g/mol. The Labute approximate surface area is 174 Å². The molecule has 0 aliphatic heterocycles. The first-order chi connectivity index (χ1) is 12.2. The SMILES string of the molecule is Br.CCCCCCCCCCCCCCCCC(C)(N)c1ccccc1. The number of rotatable bonds is 16. The molecule has 0 heterocycles. The Hall–Kier alpha value is -0.340. The van der Waals surface area contributed by atoms with Crippen LogP contribution < -0.4 is 5.73 Å². The van der Waals surface area contributed by atoms with Crippen molar-refractivity contribution in [1.29, 1.82) is 0 Å². The minimum absolute atomic E-state index is 0. The molecule has 0 saturated carbocycles. The van der Waals surface area contributed by atoms with Crippen LogP contribution in [-0.2, 0) is 5.54 Å². The molecule has 2 heteroatoms. The van der Waals surface area contributed by atoms with Crippen LogP contribution in [0.5, 0.6) is 0 Å². The summed E-state index contributed by atoms with van der Waals surface area (Å²) in [4.78, 5) is 0. The van der Waals surface area contributed by atoms with Gasteiger partial charge in [-0.05, 0) is 18.9 Å². The van der Waals surface area contributed by atoms with Gasteiger partial charge in [-0.15, -0.1) is 17.0 Å². The number of benzene rings is 1. The molecular weight excluding hydrogens is 382 g/mol. The molecule has 0 aliphatic carbocycles. The van der Waals surface area contributed by atoms with Crippen LogP contribution >= 0.6 is 17.0 Å². The Kier molecular flexibility index (Phi) is 16.6. The van der Waals surface area contributed by atoms with Gasteiger partial charge in [-0.3, -0.25) is 0 Å². The average Bonchev–Trinajstić information content (AvgIpc) is 2.63. The van der Waals surface area contributed by atoms with Gasteiger partial charge in [0.2, 0.25) is 0 Å². The van der Waals surface area contributed by atoms with Crippen LogP contribution in [0, 0.1) is 0 Å². The minimum atomic E-state index is -0.168.